The average Bonchev–Trinajstić information content (AvgIpc) is 2.43. The highest BCUT2D eigenvalue weighted by Crippen LogP contribution is 2.16. The van der Waals surface area contributed by atoms with Gasteiger partial charge in [-0.05, 0) is 22.8 Å². The van der Waals surface area contributed by atoms with Crippen LogP contribution in [-0.4, -0.2) is 30.9 Å². The molecule has 1 amide bonds. The SMILES string of the molecule is CN(CCc1ccc2ccccc2c1)C(=O)CN. The van der Waals surface area contributed by atoms with Crippen molar-refractivity contribution in [3.05, 3.63) is 48.0 Å². The Bertz CT molecular complexity index is 551. The van der Waals surface area contributed by atoms with Crippen molar-refractivity contribution in [2.75, 3.05) is 20.1 Å². The molecule has 0 heterocycles. The first-order valence-corrected chi connectivity index (χ1v) is 6.12. The summed E-state index contributed by atoms with van der Waals surface area (Å²) in [6.45, 7) is 0.780. The van der Waals surface area contributed by atoms with E-state index in [1.165, 1.54) is 16.3 Å². The summed E-state index contributed by atoms with van der Waals surface area (Å²) in [6, 6.07) is 14.7. The third kappa shape index (κ3) is 2.87. The van der Waals surface area contributed by atoms with Crippen molar-refractivity contribution >= 4 is 16.7 Å². The van der Waals surface area contributed by atoms with Gasteiger partial charge in [-0.15, -0.1) is 0 Å². The number of rotatable bonds is 4. The van der Waals surface area contributed by atoms with E-state index in [0.717, 1.165) is 6.42 Å². The summed E-state index contributed by atoms with van der Waals surface area (Å²) in [5.74, 6) is -0.0178. The number of carbonyl (C=O) groups excluding carboxylic acids is 1. The van der Waals surface area contributed by atoms with Crippen LogP contribution >= 0.6 is 0 Å². The summed E-state index contributed by atoms with van der Waals surface area (Å²) in [6.07, 6.45) is 0.854. The Balaban J connectivity index is 2.06. The molecule has 0 aromatic heterocycles. The zero-order valence-electron chi connectivity index (χ0n) is 10.6. The van der Waals surface area contributed by atoms with Crippen LogP contribution in [0.15, 0.2) is 42.5 Å². The van der Waals surface area contributed by atoms with E-state index in [1.54, 1.807) is 11.9 Å². The van der Waals surface area contributed by atoms with E-state index in [4.69, 9.17) is 5.73 Å². The van der Waals surface area contributed by atoms with E-state index in [2.05, 4.69) is 30.3 Å². The Morgan fingerprint density at radius 3 is 2.61 bits per heavy atom. The lowest BCUT2D eigenvalue weighted by molar-refractivity contribution is -0.128. The number of amides is 1. The van der Waals surface area contributed by atoms with Gasteiger partial charge in [-0.1, -0.05) is 42.5 Å². The fraction of sp³-hybridized carbons (Fsp3) is 0.267. The van der Waals surface area contributed by atoms with Gasteiger partial charge >= 0.3 is 0 Å². The van der Waals surface area contributed by atoms with Crippen LogP contribution in [0.4, 0.5) is 0 Å². The number of hydrogen-bond donors (Lipinski definition) is 1. The van der Waals surface area contributed by atoms with E-state index >= 15 is 0 Å². The maximum Gasteiger partial charge on any atom is 0.236 e. The second kappa shape index (κ2) is 5.65. The third-order valence-corrected chi connectivity index (χ3v) is 3.15. The lowest BCUT2D eigenvalue weighted by Gasteiger charge is -2.16. The molecule has 2 aromatic carbocycles. The number of benzene rings is 2. The van der Waals surface area contributed by atoms with Gasteiger partial charge in [0.15, 0.2) is 0 Å². The summed E-state index contributed by atoms with van der Waals surface area (Å²) in [5.41, 5.74) is 6.57. The minimum Gasteiger partial charge on any atom is -0.344 e. The zero-order chi connectivity index (χ0) is 13.0. The quantitative estimate of drug-likeness (QED) is 0.888. The topological polar surface area (TPSA) is 46.3 Å². The molecular formula is C15H18N2O. The van der Waals surface area contributed by atoms with Crippen molar-refractivity contribution in [2.45, 2.75) is 6.42 Å². The van der Waals surface area contributed by atoms with Crippen molar-refractivity contribution in [1.29, 1.82) is 0 Å². The van der Waals surface area contributed by atoms with Gasteiger partial charge in [-0.3, -0.25) is 4.79 Å². The molecule has 2 N–H and O–H groups in total. The van der Waals surface area contributed by atoms with E-state index in [9.17, 15) is 4.79 Å². The van der Waals surface area contributed by atoms with Gasteiger partial charge in [0, 0.05) is 13.6 Å². The van der Waals surface area contributed by atoms with E-state index in [1.807, 2.05) is 12.1 Å². The molecule has 0 saturated heterocycles. The molecule has 3 heteroatoms. The number of fused-ring (bicyclic) bond motifs is 1. The molecule has 94 valence electrons. The molecule has 0 atom stereocenters. The zero-order valence-corrected chi connectivity index (χ0v) is 10.6. The smallest absolute Gasteiger partial charge is 0.236 e. The molecule has 0 radical (unpaired) electrons. The summed E-state index contributed by atoms with van der Waals surface area (Å²) in [5, 5.41) is 2.48. The largest absolute Gasteiger partial charge is 0.344 e. The second-order valence-corrected chi connectivity index (χ2v) is 4.45. The number of likely N-dealkylation sites (N-methyl/N-ethyl adjacent to an activating group) is 1. The molecule has 0 spiro atoms. The first kappa shape index (κ1) is 12.6. The minimum absolute atomic E-state index is 0.0178. The maximum atomic E-state index is 11.3. The fourth-order valence-electron chi connectivity index (χ4n) is 1.97. The first-order chi connectivity index (χ1) is 8.70. The fourth-order valence-corrected chi connectivity index (χ4v) is 1.97. The Labute approximate surface area is 107 Å². The molecule has 0 bridgehead atoms. The standard InChI is InChI=1S/C15H18N2O/c1-17(15(18)11-16)9-8-12-6-7-13-4-2-3-5-14(13)10-12/h2-7,10H,8-9,11,16H2,1H3. The van der Waals surface area contributed by atoms with Gasteiger partial charge in [0.2, 0.25) is 5.91 Å². The van der Waals surface area contributed by atoms with Crippen molar-refractivity contribution in [2.24, 2.45) is 5.73 Å². The Morgan fingerprint density at radius 1 is 1.17 bits per heavy atom. The van der Waals surface area contributed by atoms with Gasteiger partial charge in [0.05, 0.1) is 6.54 Å². The van der Waals surface area contributed by atoms with Crippen LogP contribution in [0.1, 0.15) is 5.56 Å². The van der Waals surface area contributed by atoms with E-state index in [0.29, 0.717) is 6.54 Å². The lowest BCUT2D eigenvalue weighted by Crippen LogP contribution is -2.34. The molecule has 2 rings (SSSR count). The van der Waals surface area contributed by atoms with Crippen molar-refractivity contribution in [3.8, 4) is 0 Å². The van der Waals surface area contributed by atoms with E-state index < -0.39 is 0 Å². The normalized spacial score (nSPS) is 10.6. The highest BCUT2D eigenvalue weighted by Gasteiger charge is 2.05. The van der Waals surface area contributed by atoms with Crippen LogP contribution in [0.3, 0.4) is 0 Å². The van der Waals surface area contributed by atoms with Crippen LogP contribution in [0.2, 0.25) is 0 Å². The number of hydrogen-bond acceptors (Lipinski definition) is 2. The van der Waals surface area contributed by atoms with E-state index in [-0.39, 0.29) is 12.5 Å². The summed E-state index contributed by atoms with van der Waals surface area (Å²) < 4.78 is 0. The molecule has 18 heavy (non-hydrogen) atoms. The monoisotopic (exact) mass is 242 g/mol. The highest BCUT2D eigenvalue weighted by molar-refractivity contribution is 5.83. The van der Waals surface area contributed by atoms with Gasteiger partial charge in [0.1, 0.15) is 0 Å². The highest BCUT2D eigenvalue weighted by atomic mass is 16.2. The summed E-state index contributed by atoms with van der Waals surface area (Å²) >= 11 is 0. The molecular weight excluding hydrogens is 224 g/mol. The molecule has 0 aliphatic carbocycles. The van der Waals surface area contributed by atoms with Crippen LogP contribution in [0.5, 0.6) is 0 Å². The molecule has 2 aromatic rings. The van der Waals surface area contributed by atoms with Gasteiger partial charge in [0.25, 0.3) is 0 Å². The van der Waals surface area contributed by atoms with Crippen LogP contribution < -0.4 is 5.73 Å². The first-order valence-electron chi connectivity index (χ1n) is 6.12. The Hall–Kier alpha value is -1.87. The number of nitrogens with zero attached hydrogens (tertiary/aromatic N) is 1. The minimum atomic E-state index is -0.0178. The predicted octanol–water partition coefficient (Wildman–Crippen LogP) is 1.80. The lowest BCUT2D eigenvalue weighted by atomic mass is 10.1. The Kier molecular flexibility index (Phi) is 3.95. The van der Waals surface area contributed by atoms with Crippen LogP contribution in [0.25, 0.3) is 10.8 Å². The number of carbonyl (C=O) groups is 1. The molecule has 0 saturated carbocycles. The average molecular weight is 242 g/mol. The molecule has 0 aliphatic heterocycles. The van der Waals surface area contributed by atoms with Crippen molar-refractivity contribution in [3.63, 3.8) is 0 Å². The molecule has 3 nitrogen and oxygen atoms in total. The van der Waals surface area contributed by atoms with Crippen molar-refractivity contribution < 1.29 is 4.79 Å². The predicted molar refractivity (Wildman–Crippen MR) is 74.3 cm³/mol. The molecule has 0 aliphatic rings. The Morgan fingerprint density at radius 2 is 1.89 bits per heavy atom. The summed E-state index contributed by atoms with van der Waals surface area (Å²) in [4.78, 5) is 13.0. The van der Waals surface area contributed by atoms with Gasteiger partial charge in [-0.2, -0.15) is 0 Å². The second-order valence-electron chi connectivity index (χ2n) is 4.45. The molecule has 0 fully saturated rings. The van der Waals surface area contributed by atoms with Crippen molar-refractivity contribution in [1.82, 2.24) is 4.90 Å². The number of nitrogens with two attached hydrogens (primary N) is 1. The van der Waals surface area contributed by atoms with Gasteiger partial charge in [-0.25, -0.2) is 0 Å². The van der Waals surface area contributed by atoms with Crippen LogP contribution in [0, 0.1) is 0 Å². The van der Waals surface area contributed by atoms with Gasteiger partial charge < -0.3 is 10.6 Å². The molecule has 0 unspecified atom stereocenters. The third-order valence-electron chi connectivity index (χ3n) is 3.15. The maximum absolute atomic E-state index is 11.3. The van der Waals surface area contributed by atoms with Crippen LogP contribution in [-0.2, 0) is 11.2 Å². The summed E-state index contributed by atoms with van der Waals surface area (Å²) in [7, 11) is 1.79.